The van der Waals surface area contributed by atoms with Gasteiger partial charge >= 0.3 is 5.97 Å². The zero-order valence-electron chi connectivity index (χ0n) is 10.6. The Balaban J connectivity index is 2.56. The highest BCUT2D eigenvalue weighted by molar-refractivity contribution is 5.87. The fraction of sp³-hybridized carbons (Fsp3) is 0.231. The maximum Gasteiger partial charge on any atom is 0.354 e. The number of aromatic carboxylic acids is 1. The van der Waals surface area contributed by atoms with Crippen LogP contribution in [0.5, 0.6) is 5.75 Å². The number of rotatable bonds is 4. The number of methoxy groups -OCH3 is 1. The molecule has 1 N–H and O–H groups in total. The number of ether oxygens (including phenoxy) is 1. The van der Waals surface area contributed by atoms with Crippen LogP contribution in [0.2, 0.25) is 0 Å². The quantitative estimate of drug-likeness (QED) is 0.921. The molecule has 0 radical (unpaired) electrons. The molecule has 0 bridgehead atoms. The molecule has 0 saturated heterocycles. The Hall–Kier alpha value is -2.37. The van der Waals surface area contributed by atoms with E-state index in [4.69, 9.17) is 9.84 Å². The van der Waals surface area contributed by atoms with Gasteiger partial charge in [0, 0.05) is 18.2 Å². The van der Waals surface area contributed by atoms with Crippen molar-refractivity contribution < 1.29 is 19.0 Å². The number of hydrogen-bond acceptors (Lipinski definition) is 3. The molecule has 0 aliphatic heterocycles. The van der Waals surface area contributed by atoms with E-state index < -0.39 is 11.8 Å². The average Bonchev–Trinajstić information content (AvgIpc) is 2.82. The number of benzene rings is 1. The minimum absolute atomic E-state index is 0.0869. The first-order valence-corrected chi connectivity index (χ1v) is 5.72. The number of carbonyl (C=O) groups is 1. The molecule has 19 heavy (non-hydrogen) atoms. The third kappa shape index (κ3) is 2.42. The number of aromatic nitrogens is 2. The van der Waals surface area contributed by atoms with Gasteiger partial charge in [-0.3, -0.25) is 4.68 Å². The van der Waals surface area contributed by atoms with Gasteiger partial charge in [0.25, 0.3) is 0 Å². The van der Waals surface area contributed by atoms with Gasteiger partial charge in [-0.15, -0.1) is 0 Å². The van der Waals surface area contributed by atoms with Gasteiger partial charge < -0.3 is 9.84 Å². The molecular formula is C13H13FN2O3. The topological polar surface area (TPSA) is 64.4 Å². The minimum Gasteiger partial charge on any atom is -0.496 e. The van der Waals surface area contributed by atoms with E-state index >= 15 is 0 Å². The van der Waals surface area contributed by atoms with Crippen LogP contribution in [0.15, 0.2) is 24.3 Å². The van der Waals surface area contributed by atoms with Crippen LogP contribution < -0.4 is 4.74 Å². The highest BCUT2D eigenvalue weighted by Crippen LogP contribution is 2.30. The average molecular weight is 264 g/mol. The Morgan fingerprint density at radius 3 is 2.74 bits per heavy atom. The van der Waals surface area contributed by atoms with Crippen LogP contribution in [0.4, 0.5) is 4.39 Å². The molecule has 0 aliphatic rings. The summed E-state index contributed by atoms with van der Waals surface area (Å²) in [6.45, 7) is 2.23. The van der Waals surface area contributed by atoms with Crippen LogP contribution in [-0.4, -0.2) is 28.0 Å². The smallest absolute Gasteiger partial charge is 0.354 e. The minimum atomic E-state index is -1.05. The number of carboxylic acid groups (broad SMARTS) is 1. The zero-order valence-corrected chi connectivity index (χ0v) is 10.6. The van der Waals surface area contributed by atoms with Crippen LogP contribution in [-0.2, 0) is 6.54 Å². The van der Waals surface area contributed by atoms with Crippen molar-refractivity contribution in [2.75, 3.05) is 7.11 Å². The summed E-state index contributed by atoms with van der Waals surface area (Å²) in [5.74, 6) is -1.16. The molecule has 0 saturated carbocycles. The molecule has 2 aromatic rings. The summed E-state index contributed by atoms with van der Waals surface area (Å²) in [6.07, 6.45) is 0. The molecule has 1 heterocycles. The molecule has 0 amide bonds. The number of hydrogen-bond donors (Lipinski definition) is 1. The van der Waals surface area contributed by atoms with Crippen LogP contribution in [0.1, 0.15) is 17.4 Å². The van der Waals surface area contributed by atoms with Gasteiger partial charge in [0.05, 0.1) is 12.8 Å². The van der Waals surface area contributed by atoms with Gasteiger partial charge in [-0.05, 0) is 25.1 Å². The van der Waals surface area contributed by atoms with Crippen molar-refractivity contribution in [2.24, 2.45) is 0 Å². The fourth-order valence-corrected chi connectivity index (χ4v) is 1.84. The van der Waals surface area contributed by atoms with Crippen molar-refractivity contribution in [3.05, 3.63) is 35.8 Å². The molecule has 6 heteroatoms. The third-order valence-corrected chi connectivity index (χ3v) is 2.74. The van der Waals surface area contributed by atoms with E-state index in [0.29, 0.717) is 23.6 Å². The fourth-order valence-electron chi connectivity index (χ4n) is 1.84. The first-order valence-electron chi connectivity index (χ1n) is 5.72. The van der Waals surface area contributed by atoms with Crippen molar-refractivity contribution >= 4 is 5.97 Å². The van der Waals surface area contributed by atoms with Crippen LogP contribution in [0.25, 0.3) is 11.3 Å². The second kappa shape index (κ2) is 5.09. The number of halogens is 1. The van der Waals surface area contributed by atoms with Crippen molar-refractivity contribution in [3.63, 3.8) is 0 Å². The summed E-state index contributed by atoms with van der Waals surface area (Å²) >= 11 is 0. The van der Waals surface area contributed by atoms with Gasteiger partial charge in [-0.25, -0.2) is 9.18 Å². The second-order valence-corrected chi connectivity index (χ2v) is 3.88. The maximum atomic E-state index is 13.1. The van der Waals surface area contributed by atoms with Gasteiger partial charge in [0.15, 0.2) is 0 Å². The molecule has 1 aromatic carbocycles. The second-order valence-electron chi connectivity index (χ2n) is 3.88. The summed E-state index contributed by atoms with van der Waals surface area (Å²) < 4.78 is 19.6. The monoisotopic (exact) mass is 264 g/mol. The largest absolute Gasteiger partial charge is 0.496 e. The van der Waals surface area contributed by atoms with Crippen molar-refractivity contribution in [2.45, 2.75) is 13.5 Å². The van der Waals surface area contributed by atoms with Crippen LogP contribution in [0.3, 0.4) is 0 Å². The first kappa shape index (κ1) is 13.1. The molecule has 0 atom stereocenters. The van der Waals surface area contributed by atoms with E-state index in [1.807, 2.05) is 0 Å². The first-order chi connectivity index (χ1) is 9.06. The predicted octanol–water partition coefficient (Wildman–Crippen LogP) is 2.42. The molecule has 2 rings (SSSR count). The highest BCUT2D eigenvalue weighted by Gasteiger charge is 2.17. The summed E-state index contributed by atoms with van der Waals surface area (Å²) in [7, 11) is 1.42. The molecule has 0 aliphatic carbocycles. The van der Waals surface area contributed by atoms with Crippen LogP contribution in [0, 0.1) is 5.82 Å². The van der Waals surface area contributed by atoms with Crippen molar-refractivity contribution in [3.8, 4) is 17.0 Å². The molecule has 100 valence electrons. The van der Waals surface area contributed by atoms with E-state index in [-0.39, 0.29) is 5.69 Å². The molecule has 0 fully saturated rings. The van der Waals surface area contributed by atoms with Gasteiger partial charge in [-0.2, -0.15) is 5.10 Å². The maximum absolute atomic E-state index is 13.1. The van der Waals surface area contributed by atoms with Gasteiger partial charge in [0.1, 0.15) is 17.3 Å². The predicted molar refractivity (Wildman–Crippen MR) is 66.8 cm³/mol. The van der Waals surface area contributed by atoms with E-state index in [9.17, 15) is 9.18 Å². The normalized spacial score (nSPS) is 10.5. The molecular weight excluding hydrogens is 251 g/mol. The lowest BCUT2D eigenvalue weighted by atomic mass is 10.1. The van der Waals surface area contributed by atoms with E-state index in [2.05, 4.69) is 5.10 Å². The summed E-state index contributed by atoms with van der Waals surface area (Å²) in [4.78, 5) is 11.1. The van der Waals surface area contributed by atoms with Gasteiger partial charge in [-0.1, -0.05) is 0 Å². The summed E-state index contributed by atoms with van der Waals surface area (Å²) in [5.41, 5.74) is 1.08. The zero-order chi connectivity index (χ0) is 14.0. The Morgan fingerprint density at radius 1 is 1.47 bits per heavy atom. The summed E-state index contributed by atoms with van der Waals surface area (Å²) in [5, 5.41) is 13.3. The lowest BCUT2D eigenvalue weighted by molar-refractivity contribution is 0.0683. The van der Waals surface area contributed by atoms with Gasteiger partial charge in [0.2, 0.25) is 0 Å². The molecule has 5 nitrogen and oxygen atoms in total. The SMILES string of the molecule is CCn1nc(-c2ccc(F)cc2OC)cc1C(=O)O. The van der Waals surface area contributed by atoms with E-state index in [1.165, 1.54) is 36.1 Å². The number of carboxylic acids is 1. The lowest BCUT2D eigenvalue weighted by Crippen LogP contribution is -2.08. The molecule has 1 aromatic heterocycles. The number of aryl methyl sites for hydroxylation is 1. The Bertz CT molecular complexity index is 622. The number of nitrogens with zero attached hydrogens (tertiary/aromatic N) is 2. The Kier molecular flexibility index (Phi) is 3.50. The lowest BCUT2D eigenvalue weighted by Gasteiger charge is -2.05. The molecule has 0 spiro atoms. The Labute approximate surface area is 109 Å². The van der Waals surface area contributed by atoms with E-state index in [1.54, 1.807) is 6.92 Å². The van der Waals surface area contributed by atoms with Crippen molar-refractivity contribution in [1.29, 1.82) is 0 Å². The third-order valence-electron chi connectivity index (χ3n) is 2.74. The van der Waals surface area contributed by atoms with Crippen LogP contribution >= 0.6 is 0 Å². The van der Waals surface area contributed by atoms with E-state index in [0.717, 1.165) is 0 Å². The molecule has 0 unspecified atom stereocenters. The standard InChI is InChI=1S/C13H13FN2O3/c1-3-16-11(13(17)18)7-10(15-16)9-5-4-8(14)6-12(9)19-2/h4-7H,3H2,1-2H3,(H,17,18). The van der Waals surface area contributed by atoms with Crippen molar-refractivity contribution in [1.82, 2.24) is 9.78 Å². The summed E-state index contributed by atoms with van der Waals surface area (Å²) in [6, 6.07) is 5.48. The Morgan fingerprint density at radius 2 is 2.21 bits per heavy atom. The highest BCUT2D eigenvalue weighted by atomic mass is 19.1.